The first-order valence-electron chi connectivity index (χ1n) is 6.52. The van der Waals surface area contributed by atoms with Crippen LogP contribution in [0.5, 0.6) is 0 Å². The number of benzene rings is 1. The molecule has 3 aromatic rings. The van der Waals surface area contributed by atoms with E-state index in [1.165, 1.54) is 15.8 Å². The van der Waals surface area contributed by atoms with Crippen LogP contribution < -0.4 is 11.1 Å². The summed E-state index contributed by atoms with van der Waals surface area (Å²) in [4.78, 5) is 12.5. The summed E-state index contributed by atoms with van der Waals surface area (Å²) in [5.41, 5.74) is 8.11. The fourth-order valence-corrected chi connectivity index (χ4v) is 1.93. The Hall–Kier alpha value is -2.96. The fraction of sp³-hybridized carbons (Fsp3) is 0.143. The van der Waals surface area contributed by atoms with Gasteiger partial charge in [-0.05, 0) is 24.1 Å². The van der Waals surface area contributed by atoms with Crippen molar-refractivity contribution in [1.29, 1.82) is 0 Å². The molecular weight excluding hydrogens is 266 g/mol. The predicted molar refractivity (Wildman–Crippen MR) is 79.9 cm³/mol. The van der Waals surface area contributed by atoms with E-state index < -0.39 is 0 Å². The van der Waals surface area contributed by atoms with E-state index in [0.29, 0.717) is 18.4 Å². The molecule has 1 aromatic carbocycles. The molecule has 0 spiro atoms. The summed E-state index contributed by atoms with van der Waals surface area (Å²) >= 11 is 0. The molecule has 2 heterocycles. The monoisotopic (exact) mass is 281 g/mol. The molecule has 106 valence electrons. The first kappa shape index (κ1) is 13.0. The number of anilines is 2. The van der Waals surface area contributed by atoms with Crippen molar-refractivity contribution in [3.05, 3.63) is 53.9 Å². The van der Waals surface area contributed by atoms with Gasteiger partial charge in [0.05, 0.1) is 0 Å². The Balaban J connectivity index is 1.81. The van der Waals surface area contributed by atoms with E-state index in [2.05, 4.69) is 44.4 Å². The molecule has 0 aliphatic heterocycles. The highest BCUT2D eigenvalue weighted by Crippen LogP contribution is 2.11. The van der Waals surface area contributed by atoms with Crippen LogP contribution in [-0.4, -0.2) is 24.7 Å². The van der Waals surface area contributed by atoms with Crippen molar-refractivity contribution in [2.45, 2.75) is 13.5 Å². The number of nitrogens with zero attached hydrogens (tertiary/aromatic N) is 5. The summed E-state index contributed by atoms with van der Waals surface area (Å²) in [6.45, 7) is 2.68. The van der Waals surface area contributed by atoms with E-state index in [-0.39, 0.29) is 5.95 Å². The number of rotatable bonds is 4. The summed E-state index contributed by atoms with van der Waals surface area (Å²) in [5.74, 6) is 0.971. The maximum absolute atomic E-state index is 5.72. The molecule has 0 saturated carbocycles. The Morgan fingerprint density at radius 1 is 1.14 bits per heavy atom. The van der Waals surface area contributed by atoms with Crippen LogP contribution in [0.1, 0.15) is 11.1 Å². The fourth-order valence-electron chi connectivity index (χ4n) is 1.93. The molecule has 0 radical (unpaired) electrons. The zero-order valence-corrected chi connectivity index (χ0v) is 11.6. The molecule has 0 aliphatic rings. The highest BCUT2D eigenvalue weighted by Gasteiger charge is 2.06. The van der Waals surface area contributed by atoms with Gasteiger partial charge in [-0.15, -0.1) is 0 Å². The zero-order chi connectivity index (χ0) is 14.7. The first-order chi connectivity index (χ1) is 10.2. The average Bonchev–Trinajstić information content (AvgIpc) is 3.00. The molecule has 0 unspecified atom stereocenters. The van der Waals surface area contributed by atoms with E-state index >= 15 is 0 Å². The lowest BCUT2D eigenvalue weighted by Crippen LogP contribution is -2.11. The Morgan fingerprint density at radius 2 is 2.00 bits per heavy atom. The van der Waals surface area contributed by atoms with Gasteiger partial charge in [0.25, 0.3) is 5.95 Å². The van der Waals surface area contributed by atoms with Gasteiger partial charge >= 0.3 is 0 Å². The van der Waals surface area contributed by atoms with Crippen molar-refractivity contribution in [1.82, 2.24) is 24.7 Å². The van der Waals surface area contributed by atoms with Crippen LogP contribution in [0.25, 0.3) is 5.95 Å². The molecule has 7 heteroatoms. The molecule has 7 nitrogen and oxygen atoms in total. The highest BCUT2D eigenvalue weighted by molar-refractivity contribution is 5.37. The number of nitrogens with one attached hydrogen (secondary N) is 1. The van der Waals surface area contributed by atoms with Crippen molar-refractivity contribution in [3.63, 3.8) is 0 Å². The molecule has 0 amide bonds. The Labute approximate surface area is 121 Å². The lowest BCUT2D eigenvalue weighted by Gasteiger charge is -2.09. The molecule has 3 rings (SSSR count). The first-order valence-corrected chi connectivity index (χ1v) is 6.52. The maximum Gasteiger partial charge on any atom is 0.257 e. The van der Waals surface area contributed by atoms with Crippen LogP contribution in [0.15, 0.2) is 42.7 Å². The molecule has 0 atom stereocenters. The van der Waals surface area contributed by atoms with E-state index in [1.54, 1.807) is 18.5 Å². The van der Waals surface area contributed by atoms with Gasteiger partial charge in [0.1, 0.15) is 0 Å². The number of hydrogen-bond acceptors (Lipinski definition) is 6. The minimum Gasteiger partial charge on any atom is -0.368 e. The molecule has 0 bridgehead atoms. The Bertz CT molecular complexity index is 737. The third-order valence-electron chi connectivity index (χ3n) is 3.05. The summed E-state index contributed by atoms with van der Waals surface area (Å²) in [5, 5.41) is 7.24. The van der Waals surface area contributed by atoms with Gasteiger partial charge in [0, 0.05) is 18.9 Å². The molecule has 0 saturated heterocycles. The number of nitrogen functional groups attached to an aromatic ring is 1. The van der Waals surface area contributed by atoms with Gasteiger partial charge in [-0.1, -0.05) is 24.3 Å². The van der Waals surface area contributed by atoms with Crippen LogP contribution in [0.2, 0.25) is 0 Å². The third kappa shape index (κ3) is 2.97. The summed E-state index contributed by atoms with van der Waals surface area (Å²) in [7, 11) is 0. The molecule has 3 N–H and O–H groups in total. The Morgan fingerprint density at radius 3 is 2.76 bits per heavy atom. The zero-order valence-electron chi connectivity index (χ0n) is 11.6. The largest absolute Gasteiger partial charge is 0.368 e. The van der Waals surface area contributed by atoms with Crippen molar-refractivity contribution in [2.75, 3.05) is 11.1 Å². The quantitative estimate of drug-likeness (QED) is 0.753. The van der Waals surface area contributed by atoms with Crippen LogP contribution in [0.3, 0.4) is 0 Å². The van der Waals surface area contributed by atoms with Crippen molar-refractivity contribution >= 4 is 11.9 Å². The average molecular weight is 281 g/mol. The smallest absolute Gasteiger partial charge is 0.257 e. The maximum atomic E-state index is 5.72. The number of nitrogens with two attached hydrogens (primary N) is 1. The number of hydrogen-bond donors (Lipinski definition) is 2. The van der Waals surface area contributed by atoms with Crippen LogP contribution in [0, 0.1) is 6.92 Å². The summed E-state index contributed by atoms with van der Waals surface area (Å²) in [6, 6.07) is 9.92. The molecule has 2 aromatic heterocycles. The van der Waals surface area contributed by atoms with Gasteiger partial charge in [0.2, 0.25) is 11.9 Å². The lowest BCUT2D eigenvalue weighted by atomic mass is 10.1. The van der Waals surface area contributed by atoms with E-state index in [1.807, 2.05) is 12.1 Å². The van der Waals surface area contributed by atoms with Gasteiger partial charge in [-0.25, -0.2) is 4.68 Å². The predicted octanol–water partition coefficient (Wildman–Crippen LogP) is 1.56. The van der Waals surface area contributed by atoms with Crippen molar-refractivity contribution in [2.24, 2.45) is 0 Å². The van der Waals surface area contributed by atoms with Gasteiger partial charge in [-0.3, -0.25) is 0 Å². The number of aryl methyl sites for hydroxylation is 1. The standard InChI is InChI=1S/C14H15N7/c1-10-5-2-3-6-11(10)9-16-13-18-12(15)19-14(20-13)21-8-4-7-17-21/h2-8H,9H2,1H3,(H3,15,16,18,19,20). The minimum atomic E-state index is 0.155. The molecule has 21 heavy (non-hydrogen) atoms. The molecule has 0 aliphatic carbocycles. The van der Waals surface area contributed by atoms with E-state index in [9.17, 15) is 0 Å². The summed E-state index contributed by atoms with van der Waals surface area (Å²) < 4.78 is 1.54. The Kier molecular flexibility index (Phi) is 3.46. The normalized spacial score (nSPS) is 10.5. The third-order valence-corrected chi connectivity index (χ3v) is 3.05. The van der Waals surface area contributed by atoms with Gasteiger partial charge < -0.3 is 11.1 Å². The SMILES string of the molecule is Cc1ccccc1CNc1nc(N)nc(-n2cccn2)n1. The second-order valence-corrected chi connectivity index (χ2v) is 4.55. The van der Waals surface area contributed by atoms with Crippen LogP contribution in [-0.2, 0) is 6.54 Å². The van der Waals surface area contributed by atoms with Crippen molar-refractivity contribution < 1.29 is 0 Å². The van der Waals surface area contributed by atoms with Crippen LogP contribution >= 0.6 is 0 Å². The summed E-state index contributed by atoms with van der Waals surface area (Å²) in [6.07, 6.45) is 3.40. The van der Waals surface area contributed by atoms with E-state index in [4.69, 9.17) is 5.73 Å². The van der Waals surface area contributed by atoms with Crippen LogP contribution in [0.4, 0.5) is 11.9 Å². The highest BCUT2D eigenvalue weighted by atomic mass is 15.4. The minimum absolute atomic E-state index is 0.155. The van der Waals surface area contributed by atoms with Crippen molar-refractivity contribution in [3.8, 4) is 5.95 Å². The molecular formula is C14H15N7. The second kappa shape index (κ2) is 5.58. The topological polar surface area (TPSA) is 94.5 Å². The van der Waals surface area contributed by atoms with Gasteiger partial charge in [-0.2, -0.15) is 20.1 Å². The lowest BCUT2D eigenvalue weighted by molar-refractivity contribution is 0.798. The second-order valence-electron chi connectivity index (χ2n) is 4.55. The van der Waals surface area contributed by atoms with E-state index in [0.717, 1.165) is 0 Å². The molecule has 0 fully saturated rings. The number of aromatic nitrogens is 5. The van der Waals surface area contributed by atoms with Gasteiger partial charge in [0.15, 0.2) is 0 Å².